The molecule has 0 atom stereocenters. The van der Waals surface area contributed by atoms with E-state index < -0.39 is 5.91 Å². The van der Waals surface area contributed by atoms with Gasteiger partial charge in [0.15, 0.2) is 11.6 Å². The number of carbonyl (C=O) groups is 3. The number of hydrogen-bond donors (Lipinski definition) is 1. The lowest BCUT2D eigenvalue weighted by atomic mass is 10.0. The molecule has 0 unspecified atom stereocenters. The summed E-state index contributed by atoms with van der Waals surface area (Å²) in [6.45, 7) is 2.08. The zero-order chi connectivity index (χ0) is 19.1. The molecule has 3 aromatic rings. The predicted molar refractivity (Wildman–Crippen MR) is 104 cm³/mol. The summed E-state index contributed by atoms with van der Waals surface area (Å²) in [6.07, 6.45) is 4.20. The van der Waals surface area contributed by atoms with Crippen LogP contribution in [0.15, 0.2) is 54.2 Å². The number of rotatable bonds is 4. The number of carbonyl (C=O) groups excluding carboxylic acids is 3. The maximum atomic E-state index is 12.7. The van der Waals surface area contributed by atoms with E-state index in [4.69, 9.17) is 5.73 Å². The molecule has 134 valence electrons. The van der Waals surface area contributed by atoms with Gasteiger partial charge in [-0.1, -0.05) is 49.4 Å². The number of primary amides is 1. The van der Waals surface area contributed by atoms with Gasteiger partial charge in [0, 0.05) is 28.3 Å². The van der Waals surface area contributed by atoms with Crippen LogP contribution in [0.4, 0.5) is 0 Å². The zero-order valence-corrected chi connectivity index (χ0v) is 14.9. The average Bonchev–Trinajstić information content (AvgIpc) is 3.12. The number of aromatic nitrogens is 1. The maximum absolute atomic E-state index is 12.7. The molecule has 0 spiro atoms. The number of allylic oxidation sites excluding steroid dienone is 1. The molecule has 0 aliphatic heterocycles. The predicted octanol–water partition coefficient (Wildman–Crippen LogP) is 3.15. The van der Waals surface area contributed by atoms with Crippen molar-refractivity contribution in [2.45, 2.75) is 19.9 Å². The van der Waals surface area contributed by atoms with Crippen molar-refractivity contribution in [1.82, 2.24) is 4.57 Å². The number of hydrogen-bond acceptors (Lipinski definition) is 3. The Morgan fingerprint density at radius 3 is 2.30 bits per heavy atom. The molecule has 2 N–H and O–H groups in total. The Morgan fingerprint density at radius 1 is 1.04 bits per heavy atom. The molecule has 0 bridgehead atoms. The standard InChI is InChI=1S/C22H18N2O3/c1-2-13-6-5-9-15-14(11-24(20(13)15)12-19(23)25)10-18-21(26)16-7-3-4-8-17(16)22(18)27/h3-11H,2,12H2,1H3,(H2,23,25). The molecule has 1 heterocycles. The van der Waals surface area contributed by atoms with Crippen LogP contribution in [0.3, 0.4) is 0 Å². The Kier molecular flexibility index (Phi) is 4.00. The van der Waals surface area contributed by atoms with Gasteiger partial charge in [0.25, 0.3) is 0 Å². The summed E-state index contributed by atoms with van der Waals surface area (Å²) in [6, 6.07) is 12.7. The van der Waals surface area contributed by atoms with E-state index in [1.165, 1.54) is 0 Å². The Morgan fingerprint density at radius 2 is 1.70 bits per heavy atom. The lowest BCUT2D eigenvalue weighted by Gasteiger charge is -2.06. The Hall–Kier alpha value is -3.47. The molecule has 0 fully saturated rings. The van der Waals surface area contributed by atoms with Crippen LogP contribution in [0.25, 0.3) is 17.0 Å². The third-order valence-electron chi connectivity index (χ3n) is 4.93. The molecule has 1 amide bonds. The summed E-state index contributed by atoms with van der Waals surface area (Å²) in [5.74, 6) is -0.978. The Balaban J connectivity index is 1.91. The highest BCUT2D eigenvalue weighted by molar-refractivity contribution is 6.41. The van der Waals surface area contributed by atoms with Crippen LogP contribution in [0.2, 0.25) is 0 Å². The summed E-state index contributed by atoms with van der Waals surface area (Å²) in [5.41, 5.74) is 9.12. The summed E-state index contributed by atoms with van der Waals surface area (Å²) in [4.78, 5) is 36.9. The molecule has 0 saturated carbocycles. The third-order valence-corrected chi connectivity index (χ3v) is 4.93. The first-order valence-electron chi connectivity index (χ1n) is 8.80. The second-order valence-electron chi connectivity index (χ2n) is 6.61. The van der Waals surface area contributed by atoms with E-state index in [2.05, 4.69) is 0 Å². The van der Waals surface area contributed by atoms with Crippen LogP contribution in [-0.4, -0.2) is 22.0 Å². The molecular formula is C22H18N2O3. The minimum absolute atomic E-state index is 0.0405. The first kappa shape index (κ1) is 17.0. The molecule has 5 nitrogen and oxygen atoms in total. The number of nitrogens with zero attached hydrogens (tertiary/aromatic N) is 1. The first-order valence-corrected chi connectivity index (χ1v) is 8.80. The lowest BCUT2D eigenvalue weighted by Crippen LogP contribution is -2.18. The number of aryl methyl sites for hydroxylation is 1. The monoisotopic (exact) mass is 358 g/mol. The SMILES string of the molecule is CCc1cccc2c(C=C3C(=O)c4ccccc4C3=O)cn(CC(N)=O)c12. The van der Waals surface area contributed by atoms with Gasteiger partial charge in [-0.3, -0.25) is 14.4 Å². The van der Waals surface area contributed by atoms with Crippen molar-refractivity contribution in [2.75, 3.05) is 0 Å². The van der Waals surface area contributed by atoms with Crippen molar-refractivity contribution in [3.05, 3.63) is 76.5 Å². The highest BCUT2D eigenvalue weighted by Crippen LogP contribution is 2.31. The minimum Gasteiger partial charge on any atom is -0.368 e. The van der Waals surface area contributed by atoms with Crippen LogP contribution >= 0.6 is 0 Å². The summed E-state index contributed by atoms with van der Waals surface area (Å²) >= 11 is 0. The van der Waals surface area contributed by atoms with Gasteiger partial charge in [-0.15, -0.1) is 0 Å². The maximum Gasteiger partial charge on any atom is 0.237 e. The molecule has 4 rings (SSSR count). The van der Waals surface area contributed by atoms with Crippen molar-refractivity contribution in [1.29, 1.82) is 0 Å². The van der Waals surface area contributed by atoms with Crippen LogP contribution in [0.1, 0.15) is 38.8 Å². The van der Waals surface area contributed by atoms with Crippen molar-refractivity contribution in [3.8, 4) is 0 Å². The summed E-state index contributed by atoms with van der Waals surface area (Å²) in [7, 11) is 0. The topological polar surface area (TPSA) is 82.2 Å². The molecule has 1 aromatic heterocycles. The van der Waals surface area contributed by atoms with Crippen LogP contribution in [0.5, 0.6) is 0 Å². The van der Waals surface area contributed by atoms with Crippen molar-refractivity contribution < 1.29 is 14.4 Å². The van der Waals surface area contributed by atoms with Crippen LogP contribution in [-0.2, 0) is 17.8 Å². The molecular weight excluding hydrogens is 340 g/mol. The van der Waals surface area contributed by atoms with E-state index in [0.29, 0.717) is 11.1 Å². The number of para-hydroxylation sites is 1. The number of ketones is 2. The molecule has 1 aliphatic carbocycles. The number of amides is 1. The normalized spacial score (nSPS) is 13.3. The van der Waals surface area contributed by atoms with Crippen molar-refractivity contribution >= 4 is 34.5 Å². The molecule has 5 heteroatoms. The second kappa shape index (κ2) is 6.36. The van der Waals surface area contributed by atoms with Crippen molar-refractivity contribution in [2.24, 2.45) is 5.73 Å². The molecule has 0 radical (unpaired) electrons. The summed E-state index contributed by atoms with van der Waals surface area (Å²) < 4.78 is 1.79. The van der Waals surface area contributed by atoms with Gasteiger partial charge < -0.3 is 10.3 Å². The van der Waals surface area contributed by atoms with Crippen LogP contribution < -0.4 is 5.73 Å². The van der Waals surface area contributed by atoms with E-state index in [9.17, 15) is 14.4 Å². The fourth-order valence-corrected chi connectivity index (χ4v) is 3.72. The number of fused-ring (bicyclic) bond motifs is 2. The van der Waals surface area contributed by atoms with E-state index in [-0.39, 0.29) is 23.7 Å². The fraction of sp³-hybridized carbons (Fsp3) is 0.136. The number of Topliss-reactive ketones (excluding diaryl/α,β-unsaturated/α-hetero) is 2. The second-order valence-corrected chi connectivity index (χ2v) is 6.61. The van der Waals surface area contributed by atoms with Gasteiger partial charge in [-0.25, -0.2) is 0 Å². The van der Waals surface area contributed by atoms with E-state index in [1.54, 1.807) is 41.1 Å². The molecule has 0 saturated heterocycles. The fourth-order valence-electron chi connectivity index (χ4n) is 3.72. The third kappa shape index (κ3) is 2.68. The van der Waals surface area contributed by atoms with Gasteiger partial charge in [0.1, 0.15) is 6.54 Å². The molecule has 1 aliphatic rings. The van der Waals surface area contributed by atoms with E-state index in [1.807, 2.05) is 25.1 Å². The highest BCUT2D eigenvalue weighted by atomic mass is 16.2. The number of nitrogens with two attached hydrogens (primary N) is 1. The molecule has 27 heavy (non-hydrogen) atoms. The summed E-state index contributed by atoms with van der Waals surface area (Å²) in [5, 5.41) is 0.889. The smallest absolute Gasteiger partial charge is 0.237 e. The van der Waals surface area contributed by atoms with Crippen molar-refractivity contribution in [3.63, 3.8) is 0 Å². The minimum atomic E-state index is -0.447. The van der Waals surface area contributed by atoms with E-state index in [0.717, 1.165) is 28.5 Å². The Bertz CT molecular complexity index is 1110. The quantitative estimate of drug-likeness (QED) is 0.574. The lowest BCUT2D eigenvalue weighted by molar-refractivity contribution is -0.118. The largest absolute Gasteiger partial charge is 0.368 e. The average molecular weight is 358 g/mol. The first-order chi connectivity index (χ1) is 13.0. The Labute approximate surface area is 156 Å². The zero-order valence-electron chi connectivity index (χ0n) is 14.9. The van der Waals surface area contributed by atoms with Gasteiger partial charge in [-0.2, -0.15) is 0 Å². The van der Waals surface area contributed by atoms with Crippen LogP contribution in [0, 0.1) is 0 Å². The molecule has 2 aromatic carbocycles. The number of benzene rings is 2. The van der Waals surface area contributed by atoms with Gasteiger partial charge in [0.2, 0.25) is 5.91 Å². The van der Waals surface area contributed by atoms with Gasteiger partial charge in [-0.05, 0) is 18.1 Å². The highest BCUT2D eigenvalue weighted by Gasteiger charge is 2.32. The van der Waals surface area contributed by atoms with Gasteiger partial charge >= 0.3 is 0 Å². The van der Waals surface area contributed by atoms with E-state index >= 15 is 0 Å². The van der Waals surface area contributed by atoms with Gasteiger partial charge in [0.05, 0.1) is 11.1 Å².